The molecular weight excluding hydrogens is 266 g/mol. The summed E-state index contributed by atoms with van der Waals surface area (Å²) in [5.41, 5.74) is 0.960. The molecule has 21 heavy (non-hydrogen) atoms. The van der Waals surface area contributed by atoms with Gasteiger partial charge in [-0.15, -0.1) is 0 Å². The molecule has 1 saturated heterocycles. The number of fused-ring (bicyclic) bond motifs is 1. The fraction of sp³-hybridized carbons (Fsp3) is 0.250. The van der Waals surface area contributed by atoms with Crippen LogP contribution in [0.4, 0.5) is 0 Å². The van der Waals surface area contributed by atoms with Crippen LogP contribution in [0.5, 0.6) is 0 Å². The SMILES string of the molecule is O[C@H]1CN[C@@H](c2nc(-c3cccc4ccccc34)no2)C1. The van der Waals surface area contributed by atoms with Crippen molar-refractivity contribution in [1.82, 2.24) is 15.5 Å². The third kappa shape index (κ3) is 2.20. The summed E-state index contributed by atoms with van der Waals surface area (Å²) in [7, 11) is 0. The lowest BCUT2D eigenvalue weighted by Crippen LogP contribution is -2.15. The van der Waals surface area contributed by atoms with Crippen molar-refractivity contribution < 1.29 is 9.63 Å². The molecule has 5 heteroatoms. The van der Waals surface area contributed by atoms with E-state index in [2.05, 4.69) is 33.7 Å². The number of aromatic nitrogens is 2. The van der Waals surface area contributed by atoms with Crippen LogP contribution in [0.25, 0.3) is 22.2 Å². The van der Waals surface area contributed by atoms with Gasteiger partial charge in [-0.1, -0.05) is 47.6 Å². The number of benzene rings is 2. The van der Waals surface area contributed by atoms with Crippen molar-refractivity contribution in [3.8, 4) is 11.4 Å². The zero-order chi connectivity index (χ0) is 14.2. The third-order valence-corrected chi connectivity index (χ3v) is 3.88. The van der Waals surface area contributed by atoms with E-state index in [9.17, 15) is 5.11 Å². The van der Waals surface area contributed by atoms with Crippen molar-refractivity contribution in [2.45, 2.75) is 18.6 Å². The number of nitrogens with one attached hydrogen (secondary N) is 1. The molecule has 2 N–H and O–H groups in total. The highest BCUT2D eigenvalue weighted by Gasteiger charge is 2.28. The fourth-order valence-electron chi connectivity index (χ4n) is 2.81. The highest BCUT2D eigenvalue weighted by atomic mass is 16.5. The lowest BCUT2D eigenvalue weighted by molar-refractivity contribution is 0.191. The van der Waals surface area contributed by atoms with Crippen LogP contribution in [-0.2, 0) is 0 Å². The van der Waals surface area contributed by atoms with Crippen molar-refractivity contribution in [3.05, 3.63) is 48.4 Å². The first kappa shape index (κ1) is 12.5. The average molecular weight is 281 g/mol. The lowest BCUT2D eigenvalue weighted by atomic mass is 10.0. The van der Waals surface area contributed by atoms with Gasteiger partial charge in [0.15, 0.2) is 0 Å². The summed E-state index contributed by atoms with van der Waals surface area (Å²) in [5, 5.41) is 19.1. The first-order valence-corrected chi connectivity index (χ1v) is 7.04. The predicted molar refractivity (Wildman–Crippen MR) is 78.6 cm³/mol. The smallest absolute Gasteiger partial charge is 0.244 e. The van der Waals surface area contributed by atoms with Crippen LogP contribution in [0, 0.1) is 0 Å². The molecule has 3 aromatic rings. The molecule has 1 aromatic heterocycles. The van der Waals surface area contributed by atoms with E-state index in [-0.39, 0.29) is 12.1 Å². The van der Waals surface area contributed by atoms with Crippen molar-refractivity contribution in [1.29, 1.82) is 0 Å². The molecule has 2 aromatic carbocycles. The third-order valence-electron chi connectivity index (χ3n) is 3.88. The van der Waals surface area contributed by atoms with Crippen LogP contribution in [0.2, 0.25) is 0 Å². The van der Waals surface area contributed by atoms with Gasteiger partial charge in [-0.3, -0.25) is 0 Å². The maximum absolute atomic E-state index is 9.57. The maximum Gasteiger partial charge on any atom is 0.244 e. The van der Waals surface area contributed by atoms with Crippen LogP contribution in [0.3, 0.4) is 0 Å². The highest BCUT2D eigenvalue weighted by molar-refractivity contribution is 5.94. The standard InChI is InChI=1S/C16H15N3O2/c20-11-8-14(17-9-11)16-18-15(19-21-16)13-7-3-5-10-4-1-2-6-12(10)13/h1-7,11,14,17,20H,8-9H2/t11-,14-/m1/s1. The summed E-state index contributed by atoms with van der Waals surface area (Å²) < 4.78 is 5.37. The molecule has 1 aliphatic rings. The topological polar surface area (TPSA) is 71.2 Å². The van der Waals surface area contributed by atoms with Crippen LogP contribution in [0.15, 0.2) is 47.0 Å². The van der Waals surface area contributed by atoms with Gasteiger partial charge in [-0.25, -0.2) is 0 Å². The Labute approximate surface area is 121 Å². The van der Waals surface area contributed by atoms with Gasteiger partial charge in [0.25, 0.3) is 0 Å². The Kier molecular flexibility index (Phi) is 2.94. The molecule has 0 radical (unpaired) electrons. The van der Waals surface area contributed by atoms with Gasteiger partial charge in [-0.2, -0.15) is 4.98 Å². The van der Waals surface area contributed by atoms with Gasteiger partial charge >= 0.3 is 0 Å². The molecule has 0 amide bonds. The second-order valence-electron chi connectivity index (χ2n) is 5.33. The maximum atomic E-state index is 9.57. The van der Waals surface area contributed by atoms with Crippen LogP contribution in [0.1, 0.15) is 18.4 Å². The monoisotopic (exact) mass is 281 g/mol. The van der Waals surface area contributed by atoms with Gasteiger partial charge in [0.2, 0.25) is 11.7 Å². The van der Waals surface area contributed by atoms with E-state index in [0.717, 1.165) is 16.3 Å². The van der Waals surface area contributed by atoms with Gasteiger partial charge in [0, 0.05) is 12.1 Å². The summed E-state index contributed by atoms with van der Waals surface area (Å²) in [6.45, 7) is 0.566. The molecule has 0 saturated carbocycles. The minimum atomic E-state index is -0.345. The predicted octanol–water partition coefficient (Wildman–Crippen LogP) is 2.29. The zero-order valence-corrected chi connectivity index (χ0v) is 11.4. The van der Waals surface area contributed by atoms with Gasteiger partial charge < -0.3 is 14.9 Å². The average Bonchev–Trinajstić information content (AvgIpc) is 3.15. The first-order chi connectivity index (χ1) is 10.3. The molecular formula is C16H15N3O2. The summed E-state index contributed by atoms with van der Waals surface area (Å²) in [6.07, 6.45) is 0.264. The summed E-state index contributed by atoms with van der Waals surface area (Å²) in [4.78, 5) is 4.50. The molecule has 5 nitrogen and oxygen atoms in total. The Morgan fingerprint density at radius 1 is 1.14 bits per heavy atom. The van der Waals surface area contributed by atoms with Crippen LogP contribution >= 0.6 is 0 Å². The normalized spacial score (nSPS) is 22.0. The molecule has 0 spiro atoms. The molecule has 0 aliphatic carbocycles. The first-order valence-electron chi connectivity index (χ1n) is 7.04. The molecule has 4 rings (SSSR count). The number of nitrogens with zero attached hydrogens (tertiary/aromatic N) is 2. The molecule has 1 aliphatic heterocycles. The van der Waals surface area contributed by atoms with E-state index >= 15 is 0 Å². The Hall–Kier alpha value is -2.24. The van der Waals surface area contributed by atoms with Crippen molar-refractivity contribution in [3.63, 3.8) is 0 Å². The van der Waals surface area contributed by atoms with Crippen LogP contribution < -0.4 is 5.32 Å². The summed E-state index contributed by atoms with van der Waals surface area (Å²) in [6, 6.07) is 14.1. The molecule has 2 heterocycles. The number of hydrogen-bond acceptors (Lipinski definition) is 5. The summed E-state index contributed by atoms with van der Waals surface area (Å²) in [5.74, 6) is 1.12. The van der Waals surface area contributed by atoms with E-state index in [1.54, 1.807) is 0 Å². The lowest BCUT2D eigenvalue weighted by Gasteiger charge is -2.03. The number of rotatable bonds is 2. The number of hydrogen-bond donors (Lipinski definition) is 2. The number of aliphatic hydroxyl groups excluding tert-OH is 1. The molecule has 2 atom stereocenters. The van der Waals surface area contributed by atoms with E-state index < -0.39 is 0 Å². The minimum absolute atomic E-state index is 0.0590. The Morgan fingerprint density at radius 3 is 2.86 bits per heavy atom. The molecule has 0 bridgehead atoms. The highest BCUT2D eigenvalue weighted by Crippen LogP contribution is 2.29. The fourth-order valence-corrected chi connectivity index (χ4v) is 2.81. The Balaban J connectivity index is 1.74. The van der Waals surface area contributed by atoms with Crippen molar-refractivity contribution in [2.75, 3.05) is 6.54 Å². The second-order valence-corrected chi connectivity index (χ2v) is 5.33. The molecule has 1 fully saturated rings. The van der Waals surface area contributed by atoms with E-state index in [4.69, 9.17) is 4.52 Å². The largest absolute Gasteiger partial charge is 0.392 e. The number of aliphatic hydroxyl groups is 1. The van der Waals surface area contributed by atoms with Gasteiger partial charge in [0.1, 0.15) is 0 Å². The Morgan fingerprint density at radius 2 is 2.00 bits per heavy atom. The van der Waals surface area contributed by atoms with Crippen molar-refractivity contribution in [2.24, 2.45) is 0 Å². The minimum Gasteiger partial charge on any atom is -0.392 e. The Bertz CT molecular complexity index is 779. The zero-order valence-electron chi connectivity index (χ0n) is 11.4. The number of β-amino-alcohol motifs (C(OH)–C–C–N with tert-alkyl or cyclic N) is 1. The van der Waals surface area contributed by atoms with Crippen LogP contribution in [-0.4, -0.2) is 27.9 Å². The van der Waals surface area contributed by atoms with Gasteiger partial charge in [-0.05, 0) is 17.2 Å². The molecule has 0 unspecified atom stereocenters. The summed E-state index contributed by atoms with van der Waals surface area (Å²) >= 11 is 0. The van der Waals surface area contributed by atoms with E-state index in [1.807, 2.05) is 24.3 Å². The quantitative estimate of drug-likeness (QED) is 0.754. The van der Waals surface area contributed by atoms with E-state index in [0.29, 0.717) is 24.7 Å². The second kappa shape index (κ2) is 4.95. The van der Waals surface area contributed by atoms with Crippen molar-refractivity contribution >= 4 is 10.8 Å². The van der Waals surface area contributed by atoms with E-state index in [1.165, 1.54) is 0 Å². The van der Waals surface area contributed by atoms with Gasteiger partial charge in [0.05, 0.1) is 12.1 Å². The molecule has 106 valence electrons.